The number of piperidine rings is 1. The van der Waals surface area contributed by atoms with Crippen molar-refractivity contribution in [3.8, 4) is 0 Å². The molecule has 4 heterocycles. The number of nitrogens with zero attached hydrogens (tertiary/aromatic N) is 5. The first-order valence-corrected chi connectivity index (χ1v) is 8.61. The Labute approximate surface area is 141 Å². The molecule has 24 heavy (non-hydrogen) atoms. The van der Waals surface area contributed by atoms with Crippen molar-refractivity contribution in [2.45, 2.75) is 32.2 Å². The molecular formula is C18H21N5O. The first-order chi connectivity index (χ1) is 11.8. The summed E-state index contributed by atoms with van der Waals surface area (Å²) in [4.78, 5) is 30.0. The normalized spacial score (nSPS) is 17.2. The van der Waals surface area contributed by atoms with E-state index < -0.39 is 0 Å². The number of hydrogen-bond acceptors (Lipinski definition) is 5. The lowest BCUT2D eigenvalue weighted by molar-refractivity contribution is 0.0779. The molecule has 0 unspecified atom stereocenters. The predicted molar refractivity (Wildman–Crippen MR) is 90.8 cm³/mol. The van der Waals surface area contributed by atoms with Crippen LogP contribution in [0.25, 0.3) is 0 Å². The molecule has 0 N–H and O–H groups in total. The lowest BCUT2D eigenvalue weighted by atomic mass is 10.1. The molecule has 0 bridgehead atoms. The highest BCUT2D eigenvalue weighted by Gasteiger charge is 2.30. The number of carbonyl (C=O) groups excluding carboxylic acids is 1. The third kappa shape index (κ3) is 2.96. The van der Waals surface area contributed by atoms with E-state index in [-0.39, 0.29) is 5.91 Å². The maximum atomic E-state index is 12.5. The molecule has 4 rings (SSSR count). The second-order valence-electron chi connectivity index (χ2n) is 6.38. The molecule has 0 aliphatic carbocycles. The summed E-state index contributed by atoms with van der Waals surface area (Å²) in [5.74, 6) is 0.805. The van der Waals surface area contributed by atoms with E-state index in [9.17, 15) is 4.79 Å². The number of pyridine rings is 1. The second-order valence-corrected chi connectivity index (χ2v) is 6.38. The van der Waals surface area contributed by atoms with E-state index in [1.165, 1.54) is 19.3 Å². The summed E-state index contributed by atoms with van der Waals surface area (Å²) < 4.78 is 0. The zero-order valence-corrected chi connectivity index (χ0v) is 13.7. The van der Waals surface area contributed by atoms with Gasteiger partial charge < -0.3 is 9.80 Å². The van der Waals surface area contributed by atoms with Gasteiger partial charge in [-0.3, -0.25) is 9.78 Å². The van der Waals surface area contributed by atoms with E-state index in [0.717, 1.165) is 36.8 Å². The van der Waals surface area contributed by atoms with Gasteiger partial charge in [-0.2, -0.15) is 0 Å². The SMILES string of the molecule is O=C1c2cnc(N3CCCCC3)nc2CN1CCc1ccccn1. The molecule has 6 nitrogen and oxygen atoms in total. The smallest absolute Gasteiger partial charge is 0.257 e. The van der Waals surface area contributed by atoms with E-state index in [2.05, 4.69) is 19.9 Å². The summed E-state index contributed by atoms with van der Waals surface area (Å²) in [6.07, 6.45) is 7.90. The fourth-order valence-electron chi connectivity index (χ4n) is 3.35. The third-order valence-electron chi connectivity index (χ3n) is 4.72. The van der Waals surface area contributed by atoms with Crippen LogP contribution in [0, 0.1) is 0 Å². The average Bonchev–Trinajstić information content (AvgIpc) is 2.97. The van der Waals surface area contributed by atoms with Gasteiger partial charge in [0.2, 0.25) is 5.95 Å². The first kappa shape index (κ1) is 15.1. The summed E-state index contributed by atoms with van der Waals surface area (Å²) in [5, 5.41) is 0. The fourth-order valence-corrected chi connectivity index (χ4v) is 3.35. The summed E-state index contributed by atoms with van der Waals surface area (Å²) >= 11 is 0. The van der Waals surface area contributed by atoms with Crippen LogP contribution in [0.15, 0.2) is 30.6 Å². The van der Waals surface area contributed by atoms with Crippen molar-refractivity contribution < 1.29 is 4.79 Å². The summed E-state index contributed by atoms with van der Waals surface area (Å²) in [6, 6.07) is 5.86. The van der Waals surface area contributed by atoms with Gasteiger partial charge in [-0.15, -0.1) is 0 Å². The number of hydrogen-bond donors (Lipinski definition) is 0. The minimum absolute atomic E-state index is 0.0334. The van der Waals surface area contributed by atoms with Crippen LogP contribution in [-0.4, -0.2) is 45.4 Å². The molecule has 1 saturated heterocycles. The number of aromatic nitrogens is 3. The molecule has 0 saturated carbocycles. The predicted octanol–water partition coefficient (Wildman–Crippen LogP) is 2.06. The molecule has 0 aromatic carbocycles. The Morgan fingerprint density at radius 3 is 2.75 bits per heavy atom. The van der Waals surface area contributed by atoms with Crippen LogP contribution in [0.3, 0.4) is 0 Å². The van der Waals surface area contributed by atoms with E-state index in [1.807, 2.05) is 23.1 Å². The van der Waals surface area contributed by atoms with Crippen LogP contribution in [0.4, 0.5) is 5.95 Å². The topological polar surface area (TPSA) is 62.2 Å². The highest BCUT2D eigenvalue weighted by atomic mass is 16.2. The average molecular weight is 323 g/mol. The van der Waals surface area contributed by atoms with E-state index in [0.29, 0.717) is 18.7 Å². The van der Waals surface area contributed by atoms with Crippen molar-refractivity contribution in [2.24, 2.45) is 0 Å². The second kappa shape index (κ2) is 6.55. The maximum Gasteiger partial charge on any atom is 0.257 e. The Morgan fingerprint density at radius 1 is 1.08 bits per heavy atom. The highest BCUT2D eigenvalue weighted by Crippen LogP contribution is 2.24. The van der Waals surface area contributed by atoms with Crippen LogP contribution in [-0.2, 0) is 13.0 Å². The van der Waals surface area contributed by atoms with E-state index in [1.54, 1.807) is 12.4 Å². The Hall–Kier alpha value is -2.50. The Morgan fingerprint density at radius 2 is 1.96 bits per heavy atom. The number of fused-ring (bicyclic) bond motifs is 1. The molecule has 0 atom stereocenters. The molecule has 1 fully saturated rings. The minimum Gasteiger partial charge on any atom is -0.341 e. The van der Waals surface area contributed by atoms with Gasteiger partial charge in [0.25, 0.3) is 5.91 Å². The molecule has 0 spiro atoms. The summed E-state index contributed by atoms with van der Waals surface area (Å²) in [6.45, 7) is 3.25. The molecule has 2 aliphatic rings. The summed E-state index contributed by atoms with van der Waals surface area (Å²) in [5.41, 5.74) is 2.51. The van der Waals surface area contributed by atoms with Crippen molar-refractivity contribution in [1.82, 2.24) is 19.9 Å². The zero-order chi connectivity index (χ0) is 16.4. The minimum atomic E-state index is 0.0334. The van der Waals surface area contributed by atoms with Gasteiger partial charge in [-0.25, -0.2) is 9.97 Å². The Balaban J connectivity index is 1.45. The Kier molecular flexibility index (Phi) is 4.11. The summed E-state index contributed by atoms with van der Waals surface area (Å²) in [7, 11) is 0. The number of amides is 1. The van der Waals surface area contributed by atoms with Crippen LogP contribution < -0.4 is 4.90 Å². The van der Waals surface area contributed by atoms with Gasteiger partial charge in [0.05, 0.1) is 17.8 Å². The van der Waals surface area contributed by atoms with Crippen molar-refractivity contribution in [3.63, 3.8) is 0 Å². The van der Waals surface area contributed by atoms with Crippen LogP contribution >= 0.6 is 0 Å². The fraction of sp³-hybridized carbons (Fsp3) is 0.444. The molecule has 1 amide bonds. The molecule has 124 valence electrons. The van der Waals surface area contributed by atoms with Crippen LogP contribution in [0.1, 0.15) is 41.0 Å². The highest BCUT2D eigenvalue weighted by molar-refractivity contribution is 5.97. The molecular weight excluding hydrogens is 302 g/mol. The van der Waals surface area contributed by atoms with Gasteiger partial charge in [0, 0.05) is 44.1 Å². The molecule has 2 aromatic rings. The molecule has 2 aromatic heterocycles. The van der Waals surface area contributed by atoms with Gasteiger partial charge in [0.1, 0.15) is 0 Å². The van der Waals surface area contributed by atoms with Crippen molar-refractivity contribution in [3.05, 3.63) is 47.5 Å². The van der Waals surface area contributed by atoms with Gasteiger partial charge >= 0.3 is 0 Å². The van der Waals surface area contributed by atoms with Gasteiger partial charge in [0.15, 0.2) is 0 Å². The first-order valence-electron chi connectivity index (χ1n) is 8.61. The number of anilines is 1. The monoisotopic (exact) mass is 323 g/mol. The van der Waals surface area contributed by atoms with Gasteiger partial charge in [-0.1, -0.05) is 6.07 Å². The van der Waals surface area contributed by atoms with Crippen molar-refractivity contribution in [1.29, 1.82) is 0 Å². The van der Waals surface area contributed by atoms with Gasteiger partial charge in [-0.05, 0) is 31.4 Å². The van der Waals surface area contributed by atoms with Crippen molar-refractivity contribution >= 4 is 11.9 Å². The largest absolute Gasteiger partial charge is 0.341 e. The lowest BCUT2D eigenvalue weighted by Gasteiger charge is -2.26. The molecule has 6 heteroatoms. The number of carbonyl (C=O) groups is 1. The standard InChI is InChI=1S/C18H21N5O/c24-17-15-12-20-18(22-9-4-1-5-10-22)21-16(15)13-23(17)11-7-14-6-2-3-8-19-14/h2-3,6,8,12H,1,4-5,7,9-11,13H2. The molecule has 0 radical (unpaired) electrons. The third-order valence-corrected chi connectivity index (χ3v) is 4.72. The van der Waals surface area contributed by atoms with Crippen LogP contribution in [0.5, 0.6) is 0 Å². The molecule has 2 aliphatic heterocycles. The zero-order valence-electron chi connectivity index (χ0n) is 13.7. The van der Waals surface area contributed by atoms with Crippen LogP contribution in [0.2, 0.25) is 0 Å². The van der Waals surface area contributed by atoms with Crippen molar-refractivity contribution in [2.75, 3.05) is 24.5 Å². The number of rotatable bonds is 4. The van der Waals surface area contributed by atoms with E-state index >= 15 is 0 Å². The lowest BCUT2D eigenvalue weighted by Crippen LogP contribution is -2.31. The maximum absolute atomic E-state index is 12.5. The Bertz CT molecular complexity index is 727. The van der Waals surface area contributed by atoms with E-state index in [4.69, 9.17) is 0 Å². The quantitative estimate of drug-likeness (QED) is 0.862.